The summed E-state index contributed by atoms with van der Waals surface area (Å²) >= 11 is 0.625. The number of alkyl halides is 3. The number of rotatable bonds is 7. The predicted molar refractivity (Wildman–Crippen MR) is 106 cm³/mol. The van der Waals surface area contributed by atoms with Gasteiger partial charge < -0.3 is 5.32 Å². The summed E-state index contributed by atoms with van der Waals surface area (Å²) in [6.45, 7) is 0.553. The Kier molecular flexibility index (Phi) is 6.71. The molecule has 0 aliphatic carbocycles. The number of aromatic nitrogens is 3. The van der Waals surface area contributed by atoms with E-state index in [2.05, 4.69) is 15.6 Å². The van der Waals surface area contributed by atoms with Gasteiger partial charge >= 0.3 is 6.18 Å². The number of amides is 1. The number of carbonyl (C=O) groups is 1. The van der Waals surface area contributed by atoms with Crippen LogP contribution in [0.15, 0.2) is 71.8 Å². The highest BCUT2D eigenvalue weighted by atomic mass is 32.2. The van der Waals surface area contributed by atoms with Crippen LogP contribution in [0.25, 0.3) is 6.08 Å². The minimum atomic E-state index is -4.28. The average molecular weight is 418 g/mol. The van der Waals surface area contributed by atoms with Crippen molar-refractivity contribution in [3.05, 3.63) is 78.1 Å². The highest BCUT2D eigenvalue weighted by Crippen LogP contribution is 2.32. The van der Waals surface area contributed by atoms with Gasteiger partial charge in [-0.05, 0) is 23.8 Å². The maximum atomic E-state index is 12.4. The fourth-order valence-corrected chi connectivity index (χ4v) is 3.20. The van der Waals surface area contributed by atoms with Crippen LogP contribution < -0.4 is 5.32 Å². The van der Waals surface area contributed by atoms with Crippen LogP contribution in [0, 0.1) is 0 Å². The quantitative estimate of drug-likeness (QED) is 0.449. The molecule has 3 rings (SSSR count). The van der Waals surface area contributed by atoms with Gasteiger partial charge in [-0.1, -0.05) is 47.7 Å². The third-order valence-corrected chi connectivity index (χ3v) is 4.82. The third-order valence-electron chi connectivity index (χ3n) is 3.69. The van der Waals surface area contributed by atoms with Gasteiger partial charge in [0, 0.05) is 11.0 Å². The molecular formula is C20H17F3N4OS. The molecule has 0 fully saturated rings. The highest BCUT2D eigenvalue weighted by Gasteiger charge is 2.27. The van der Waals surface area contributed by atoms with Gasteiger partial charge in [0.05, 0.1) is 24.2 Å². The minimum absolute atomic E-state index is 0.323. The van der Waals surface area contributed by atoms with Crippen LogP contribution in [0.2, 0.25) is 0 Å². The van der Waals surface area contributed by atoms with Gasteiger partial charge in [0.25, 0.3) is 0 Å². The normalized spacial score (nSPS) is 11.7. The number of thioether (sulfide) groups is 1. The number of nitrogens with one attached hydrogen (secondary N) is 1. The SMILES string of the molecule is O=C(/C=C/c1cn(Cc2ccccc2)nn1)Nc1ccccc1SCC(F)(F)F. The Bertz CT molecular complexity index is 987. The van der Waals surface area contributed by atoms with Gasteiger partial charge in [-0.2, -0.15) is 13.2 Å². The van der Waals surface area contributed by atoms with Gasteiger partial charge in [-0.3, -0.25) is 4.79 Å². The van der Waals surface area contributed by atoms with Crippen molar-refractivity contribution in [3.63, 3.8) is 0 Å². The first-order valence-electron chi connectivity index (χ1n) is 8.61. The summed E-state index contributed by atoms with van der Waals surface area (Å²) in [5.74, 6) is -1.50. The Morgan fingerprint density at radius 3 is 2.59 bits per heavy atom. The summed E-state index contributed by atoms with van der Waals surface area (Å²) < 4.78 is 39.0. The smallest absolute Gasteiger partial charge is 0.321 e. The topological polar surface area (TPSA) is 59.8 Å². The van der Waals surface area contributed by atoms with Crippen LogP contribution in [0.5, 0.6) is 0 Å². The molecule has 0 spiro atoms. The number of hydrogen-bond donors (Lipinski definition) is 1. The molecule has 3 aromatic rings. The van der Waals surface area contributed by atoms with Crippen molar-refractivity contribution in [2.75, 3.05) is 11.1 Å². The molecule has 1 amide bonds. The van der Waals surface area contributed by atoms with E-state index < -0.39 is 17.8 Å². The average Bonchev–Trinajstić information content (AvgIpc) is 3.13. The van der Waals surface area contributed by atoms with Crippen molar-refractivity contribution >= 4 is 29.4 Å². The molecule has 1 N–H and O–H groups in total. The molecule has 0 aliphatic rings. The Morgan fingerprint density at radius 2 is 1.83 bits per heavy atom. The van der Waals surface area contributed by atoms with Gasteiger partial charge in [-0.15, -0.1) is 16.9 Å². The number of para-hydroxylation sites is 1. The summed E-state index contributed by atoms with van der Waals surface area (Å²) in [7, 11) is 0. The van der Waals surface area contributed by atoms with Crippen LogP contribution in [0.4, 0.5) is 18.9 Å². The van der Waals surface area contributed by atoms with Crippen molar-refractivity contribution in [1.82, 2.24) is 15.0 Å². The van der Waals surface area contributed by atoms with Gasteiger partial charge in [-0.25, -0.2) is 4.68 Å². The fourth-order valence-electron chi connectivity index (χ4n) is 2.43. The molecule has 0 saturated carbocycles. The molecule has 1 heterocycles. The standard InChI is InChI=1S/C20H17F3N4OS/c21-20(22,23)14-29-18-9-5-4-8-17(18)24-19(28)11-10-16-13-27(26-25-16)12-15-6-2-1-3-7-15/h1-11,13H,12,14H2,(H,24,28)/b11-10+. The second-order valence-electron chi connectivity index (χ2n) is 6.05. The Hall–Kier alpha value is -3.07. The second-order valence-corrected chi connectivity index (χ2v) is 7.07. The Morgan fingerprint density at radius 1 is 1.10 bits per heavy atom. The molecule has 0 atom stereocenters. The first kappa shape index (κ1) is 20.7. The van der Waals surface area contributed by atoms with E-state index in [1.54, 1.807) is 29.1 Å². The summed E-state index contributed by atoms with van der Waals surface area (Å²) in [6, 6.07) is 16.1. The lowest BCUT2D eigenvalue weighted by Gasteiger charge is -2.10. The van der Waals surface area contributed by atoms with E-state index in [-0.39, 0.29) is 0 Å². The summed E-state index contributed by atoms with van der Waals surface area (Å²) in [4.78, 5) is 12.5. The maximum absolute atomic E-state index is 12.4. The Balaban J connectivity index is 1.59. The first-order valence-corrected chi connectivity index (χ1v) is 9.59. The maximum Gasteiger partial charge on any atom is 0.398 e. The molecule has 5 nitrogen and oxygen atoms in total. The number of benzene rings is 2. The van der Waals surface area contributed by atoms with Crippen LogP contribution >= 0.6 is 11.8 Å². The summed E-state index contributed by atoms with van der Waals surface area (Å²) in [6.07, 6.45) is 0.175. The molecule has 0 saturated heterocycles. The summed E-state index contributed by atoms with van der Waals surface area (Å²) in [5.41, 5.74) is 1.89. The van der Waals surface area contributed by atoms with Crippen LogP contribution in [-0.2, 0) is 11.3 Å². The first-order chi connectivity index (χ1) is 13.9. The Labute approximate surface area is 169 Å². The van der Waals surface area contributed by atoms with Crippen molar-refractivity contribution in [1.29, 1.82) is 0 Å². The molecule has 0 bridgehead atoms. The zero-order valence-corrected chi connectivity index (χ0v) is 16.0. The van der Waals surface area contributed by atoms with Gasteiger partial charge in [0.2, 0.25) is 5.91 Å². The molecule has 0 radical (unpaired) electrons. The van der Waals surface area contributed by atoms with Crippen LogP contribution in [0.1, 0.15) is 11.3 Å². The van der Waals surface area contributed by atoms with E-state index in [4.69, 9.17) is 0 Å². The molecule has 1 aromatic heterocycles. The largest absolute Gasteiger partial charge is 0.398 e. The molecule has 29 heavy (non-hydrogen) atoms. The van der Waals surface area contributed by atoms with E-state index in [0.29, 0.717) is 34.6 Å². The lowest BCUT2D eigenvalue weighted by atomic mass is 10.2. The zero-order valence-electron chi connectivity index (χ0n) is 15.1. The van der Waals surface area contributed by atoms with E-state index >= 15 is 0 Å². The van der Waals surface area contributed by atoms with E-state index in [1.807, 2.05) is 30.3 Å². The lowest BCUT2D eigenvalue weighted by molar-refractivity contribution is -0.112. The van der Waals surface area contributed by atoms with E-state index in [9.17, 15) is 18.0 Å². The molecule has 2 aromatic carbocycles. The fraction of sp³-hybridized carbons (Fsp3) is 0.150. The number of hydrogen-bond acceptors (Lipinski definition) is 4. The predicted octanol–water partition coefficient (Wildman–Crippen LogP) is 4.63. The van der Waals surface area contributed by atoms with Crippen LogP contribution in [0.3, 0.4) is 0 Å². The van der Waals surface area contributed by atoms with Crippen molar-refractivity contribution in [3.8, 4) is 0 Å². The second kappa shape index (κ2) is 9.42. The van der Waals surface area contributed by atoms with Gasteiger partial charge in [0.1, 0.15) is 5.69 Å². The van der Waals surface area contributed by atoms with Crippen molar-refractivity contribution < 1.29 is 18.0 Å². The molecule has 9 heteroatoms. The summed E-state index contributed by atoms with van der Waals surface area (Å²) in [5, 5.41) is 10.6. The third kappa shape index (κ3) is 6.79. The van der Waals surface area contributed by atoms with E-state index in [1.165, 1.54) is 18.2 Å². The number of halogens is 3. The van der Waals surface area contributed by atoms with Crippen molar-refractivity contribution in [2.24, 2.45) is 0 Å². The minimum Gasteiger partial charge on any atom is -0.321 e. The molecule has 150 valence electrons. The lowest BCUT2D eigenvalue weighted by Crippen LogP contribution is -2.12. The molecular weight excluding hydrogens is 401 g/mol. The monoisotopic (exact) mass is 418 g/mol. The van der Waals surface area contributed by atoms with Crippen molar-refractivity contribution in [2.45, 2.75) is 17.6 Å². The number of anilines is 1. The zero-order chi connectivity index (χ0) is 20.7. The van der Waals surface area contributed by atoms with E-state index in [0.717, 1.165) is 5.56 Å². The number of carbonyl (C=O) groups excluding carboxylic acids is 1. The highest BCUT2D eigenvalue weighted by molar-refractivity contribution is 7.99. The number of nitrogens with zero attached hydrogens (tertiary/aromatic N) is 3. The molecule has 0 aliphatic heterocycles. The van der Waals surface area contributed by atoms with Crippen LogP contribution in [-0.4, -0.2) is 32.8 Å². The molecule has 0 unspecified atom stereocenters. The van der Waals surface area contributed by atoms with Gasteiger partial charge in [0.15, 0.2) is 0 Å².